The second-order valence-corrected chi connectivity index (χ2v) is 4.84. The molecule has 0 aromatic carbocycles. The van der Waals surface area contributed by atoms with Crippen molar-refractivity contribution in [3.63, 3.8) is 0 Å². The van der Waals surface area contributed by atoms with E-state index in [0.29, 0.717) is 0 Å². The van der Waals surface area contributed by atoms with Crippen LogP contribution in [0.15, 0.2) is 5.38 Å². The lowest BCUT2D eigenvalue weighted by Gasteiger charge is -2.40. The first-order valence-corrected chi connectivity index (χ1v) is 5.98. The highest BCUT2D eigenvalue weighted by molar-refractivity contribution is 7.09. The fourth-order valence-corrected chi connectivity index (χ4v) is 2.83. The Morgan fingerprint density at radius 1 is 1.73 bits per heavy atom. The number of amides is 1. The lowest BCUT2D eigenvalue weighted by atomic mass is 9.77. The minimum atomic E-state index is -0.213. The molecule has 1 aliphatic rings. The van der Waals surface area contributed by atoms with Crippen LogP contribution in [0, 0.1) is 6.92 Å². The summed E-state index contributed by atoms with van der Waals surface area (Å²) in [4.78, 5) is 15.8. The molecule has 0 atom stereocenters. The van der Waals surface area contributed by atoms with E-state index in [4.69, 9.17) is 5.73 Å². The van der Waals surface area contributed by atoms with Gasteiger partial charge in [-0.1, -0.05) is 0 Å². The second-order valence-electron chi connectivity index (χ2n) is 3.98. The van der Waals surface area contributed by atoms with Crippen molar-refractivity contribution < 1.29 is 4.79 Å². The SMILES string of the molecule is Cc1csc(C2(NC(=O)CN)CCC2)n1. The van der Waals surface area contributed by atoms with Crippen molar-refractivity contribution in [3.8, 4) is 0 Å². The van der Waals surface area contributed by atoms with Crippen LogP contribution in [0.25, 0.3) is 0 Å². The Kier molecular flexibility index (Phi) is 2.75. The number of nitrogens with zero attached hydrogens (tertiary/aromatic N) is 1. The van der Waals surface area contributed by atoms with E-state index in [1.54, 1.807) is 11.3 Å². The van der Waals surface area contributed by atoms with E-state index in [1.165, 1.54) is 0 Å². The lowest BCUT2D eigenvalue weighted by molar-refractivity contribution is -0.122. The van der Waals surface area contributed by atoms with Gasteiger partial charge >= 0.3 is 0 Å². The summed E-state index contributed by atoms with van der Waals surface area (Å²) in [7, 11) is 0. The molecule has 1 saturated carbocycles. The van der Waals surface area contributed by atoms with E-state index in [9.17, 15) is 4.79 Å². The first-order valence-electron chi connectivity index (χ1n) is 5.10. The molecular formula is C10H15N3OS. The van der Waals surface area contributed by atoms with Crippen LogP contribution in [0.1, 0.15) is 30.0 Å². The minimum absolute atomic E-state index is 0.0477. The van der Waals surface area contributed by atoms with Gasteiger partial charge in [-0.2, -0.15) is 0 Å². The van der Waals surface area contributed by atoms with Crippen molar-refractivity contribution in [1.29, 1.82) is 0 Å². The number of rotatable bonds is 3. The Bertz CT molecular complexity index is 370. The number of aromatic nitrogens is 1. The summed E-state index contributed by atoms with van der Waals surface area (Å²) in [5.74, 6) is -0.0949. The first-order chi connectivity index (χ1) is 7.16. The molecule has 4 nitrogen and oxygen atoms in total. The van der Waals surface area contributed by atoms with Crippen molar-refractivity contribution in [3.05, 3.63) is 16.1 Å². The van der Waals surface area contributed by atoms with Crippen LogP contribution in [0.2, 0.25) is 0 Å². The van der Waals surface area contributed by atoms with Gasteiger partial charge in [-0.05, 0) is 26.2 Å². The molecule has 1 amide bonds. The Morgan fingerprint density at radius 2 is 2.47 bits per heavy atom. The van der Waals surface area contributed by atoms with Crippen LogP contribution in [-0.4, -0.2) is 17.4 Å². The van der Waals surface area contributed by atoms with Crippen molar-refractivity contribution in [1.82, 2.24) is 10.3 Å². The highest BCUT2D eigenvalue weighted by Gasteiger charge is 2.42. The summed E-state index contributed by atoms with van der Waals surface area (Å²) >= 11 is 1.62. The van der Waals surface area contributed by atoms with Gasteiger partial charge in [-0.3, -0.25) is 4.79 Å². The molecular weight excluding hydrogens is 210 g/mol. The van der Waals surface area contributed by atoms with Crippen LogP contribution in [0.5, 0.6) is 0 Å². The number of carbonyl (C=O) groups excluding carboxylic acids is 1. The third-order valence-corrected chi connectivity index (χ3v) is 3.96. The Morgan fingerprint density at radius 3 is 2.87 bits per heavy atom. The first kappa shape index (κ1) is 10.6. The number of carbonyl (C=O) groups is 1. The molecule has 5 heteroatoms. The predicted molar refractivity (Wildman–Crippen MR) is 59.6 cm³/mol. The third-order valence-electron chi connectivity index (χ3n) is 2.80. The van der Waals surface area contributed by atoms with Gasteiger partial charge in [0.1, 0.15) is 5.01 Å². The van der Waals surface area contributed by atoms with E-state index in [1.807, 2.05) is 12.3 Å². The average Bonchev–Trinajstić information content (AvgIpc) is 2.58. The van der Waals surface area contributed by atoms with Crippen molar-refractivity contribution in [2.45, 2.75) is 31.7 Å². The van der Waals surface area contributed by atoms with E-state index >= 15 is 0 Å². The zero-order valence-electron chi connectivity index (χ0n) is 8.75. The molecule has 1 aromatic heterocycles. The Balaban J connectivity index is 2.18. The molecule has 82 valence electrons. The monoisotopic (exact) mass is 225 g/mol. The maximum atomic E-state index is 11.3. The second kappa shape index (κ2) is 3.90. The number of aryl methyl sites for hydroxylation is 1. The molecule has 0 unspecified atom stereocenters. The predicted octanol–water partition coefficient (Wildman–Crippen LogP) is 0.906. The van der Waals surface area contributed by atoms with Gasteiger partial charge in [0.15, 0.2) is 0 Å². The van der Waals surface area contributed by atoms with Crippen molar-refractivity contribution in [2.24, 2.45) is 5.73 Å². The van der Waals surface area contributed by atoms with Gasteiger partial charge in [-0.25, -0.2) is 4.98 Å². The van der Waals surface area contributed by atoms with E-state index < -0.39 is 0 Å². The topological polar surface area (TPSA) is 68.0 Å². The van der Waals surface area contributed by atoms with Gasteiger partial charge in [-0.15, -0.1) is 11.3 Å². The summed E-state index contributed by atoms with van der Waals surface area (Å²) < 4.78 is 0. The molecule has 15 heavy (non-hydrogen) atoms. The molecule has 0 radical (unpaired) electrons. The van der Waals surface area contributed by atoms with Crippen LogP contribution in [0.4, 0.5) is 0 Å². The maximum absolute atomic E-state index is 11.3. The Labute approximate surface area is 92.9 Å². The third kappa shape index (κ3) is 1.89. The number of hydrogen-bond donors (Lipinski definition) is 2. The zero-order chi connectivity index (χ0) is 10.9. The van der Waals surface area contributed by atoms with Gasteiger partial charge in [0, 0.05) is 11.1 Å². The van der Waals surface area contributed by atoms with E-state index in [0.717, 1.165) is 30.0 Å². The molecule has 0 aliphatic heterocycles. The molecule has 1 heterocycles. The van der Waals surface area contributed by atoms with Crippen LogP contribution in [-0.2, 0) is 10.3 Å². The summed E-state index contributed by atoms with van der Waals surface area (Å²) in [6.45, 7) is 2.02. The number of thiazole rings is 1. The van der Waals surface area contributed by atoms with E-state index in [2.05, 4.69) is 10.3 Å². The quantitative estimate of drug-likeness (QED) is 0.803. The van der Waals surface area contributed by atoms with Crippen LogP contribution >= 0.6 is 11.3 Å². The van der Waals surface area contributed by atoms with Crippen LogP contribution < -0.4 is 11.1 Å². The number of nitrogens with two attached hydrogens (primary N) is 1. The lowest BCUT2D eigenvalue weighted by Crippen LogP contribution is -2.52. The normalized spacial score (nSPS) is 18.3. The number of nitrogens with one attached hydrogen (secondary N) is 1. The molecule has 1 aromatic rings. The minimum Gasteiger partial charge on any atom is -0.343 e. The standard InChI is InChI=1S/C10H15N3OS/c1-7-6-15-9(12-7)10(3-2-4-10)13-8(14)5-11/h6H,2-5,11H2,1H3,(H,13,14). The molecule has 2 rings (SSSR count). The fraction of sp³-hybridized carbons (Fsp3) is 0.600. The molecule has 0 saturated heterocycles. The van der Waals surface area contributed by atoms with E-state index in [-0.39, 0.29) is 18.0 Å². The van der Waals surface area contributed by atoms with Gasteiger partial charge in [0.2, 0.25) is 5.91 Å². The molecule has 0 bridgehead atoms. The fourth-order valence-electron chi connectivity index (χ4n) is 1.81. The Hall–Kier alpha value is -0.940. The summed E-state index contributed by atoms with van der Waals surface area (Å²) in [6, 6.07) is 0. The summed E-state index contributed by atoms with van der Waals surface area (Å²) in [6.07, 6.45) is 3.10. The van der Waals surface area contributed by atoms with Gasteiger partial charge in [0.05, 0.1) is 12.1 Å². The summed E-state index contributed by atoms with van der Waals surface area (Å²) in [5.41, 5.74) is 6.12. The molecule has 1 fully saturated rings. The highest BCUT2D eigenvalue weighted by atomic mass is 32.1. The summed E-state index contributed by atoms with van der Waals surface area (Å²) in [5, 5.41) is 6.03. The molecule has 0 spiro atoms. The van der Waals surface area contributed by atoms with Crippen molar-refractivity contribution in [2.75, 3.05) is 6.54 Å². The number of hydrogen-bond acceptors (Lipinski definition) is 4. The smallest absolute Gasteiger partial charge is 0.234 e. The van der Waals surface area contributed by atoms with Crippen molar-refractivity contribution >= 4 is 17.2 Å². The average molecular weight is 225 g/mol. The van der Waals surface area contributed by atoms with Crippen LogP contribution in [0.3, 0.4) is 0 Å². The molecule has 1 aliphatic carbocycles. The molecule has 3 N–H and O–H groups in total. The largest absolute Gasteiger partial charge is 0.343 e. The maximum Gasteiger partial charge on any atom is 0.234 e. The zero-order valence-corrected chi connectivity index (χ0v) is 9.56. The van der Waals surface area contributed by atoms with Gasteiger partial charge in [0.25, 0.3) is 0 Å². The highest BCUT2D eigenvalue weighted by Crippen LogP contribution is 2.42. The van der Waals surface area contributed by atoms with Gasteiger partial charge < -0.3 is 11.1 Å².